The summed E-state index contributed by atoms with van der Waals surface area (Å²) in [5, 5.41) is 4.38. The van der Waals surface area contributed by atoms with Crippen LogP contribution in [0.5, 0.6) is 0 Å². The van der Waals surface area contributed by atoms with Gasteiger partial charge in [-0.15, -0.1) is 0 Å². The highest BCUT2D eigenvalue weighted by Gasteiger charge is 2.30. The maximum Gasteiger partial charge on any atom is 0.142 e. The van der Waals surface area contributed by atoms with E-state index >= 15 is 0 Å². The second-order valence-electron chi connectivity index (χ2n) is 6.70. The molecule has 0 saturated carbocycles. The van der Waals surface area contributed by atoms with Crippen LogP contribution < -0.4 is 0 Å². The molecule has 18 heavy (non-hydrogen) atoms. The lowest BCUT2D eigenvalue weighted by molar-refractivity contribution is 0.124. The maximum absolute atomic E-state index is 5.52. The average Bonchev–Trinajstić information content (AvgIpc) is 2.22. The standard InChI is InChI=1S/C16H25NO/c1-15(2,3)14(16(4,5)6)17-18-12-13-10-8-7-9-11-13/h7-11H,12H2,1-6H3. The Morgan fingerprint density at radius 3 is 1.89 bits per heavy atom. The van der Waals surface area contributed by atoms with E-state index in [-0.39, 0.29) is 10.8 Å². The Morgan fingerprint density at radius 1 is 0.944 bits per heavy atom. The number of hydrogen-bond donors (Lipinski definition) is 0. The molecule has 1 aromatic rings. The summed E-state index contributed by atoms with van der Waals surface area (Å²) >= 11 is 0. The van der Waals surface area contributed by atoms with Gasteiger partial charge in [-0.1, -0.05) is 77.0 Å². The molecule has 0 fully saturated rings. The van der Waals surface area contributed by atoms with Crippen LogP contribution in [0.2, 0.25) is 0 Å². The fourth-order valence-corrected chi connectivity index (χ4v) is 2.14. The van der Waals surface area contributed by atoms with Crippen LogP contribution >= 0.6 is 0 Å². The van der Waals surface area contributed by atoms with Gasteiger partial charge in [-0.05, 0) is 5.56 Å². The zero-order chi connectivity index (χ0) is 13.8. The molecule has 0 atom stereocenters. The number of oxime groups is 1. The third-order valence-electron chi connectivity index (χ3n) is 2.65. The summed E-state index contributed by atoms with van der Waals surface area (Å²) in [6.07, 6.45) is 0. The van der Waals surface area contributed by atoms with Crippen molar-refractivity contribution in [3.05, 3.63) is 35.9 Å². The van der Waals surface area contributed by atoms with Crippen LogP contribution in [0.4, 0.5) is 0 Å². The van der Waals surface area contributed by atoms with Crippen LogP contribution in [0.15, 0.2) is 35.5 Å². The maximum atomic E-state index is 5.52. The summed E-state index contributed by atoms with van der Waals surface area (Å²) in [5.41, 5.74) is 2.28. The molecule has 100 valence electrons. The number of benzene rings is 1. The van der Waals surface area contributed by atoms with Gasteiger partial charge < -0.3 is 4.84 Å². The Hall–Kier alpha value is -1.31. The minimum absolute atomic E-state index is 0.0228. The Bertz CT molecular complexity index is 377. The molecule has 0 unspecified atom stereocenters. The lowest BCUT2D eigenvalue weighted by Gasteiger charge is -2.31. The van der Waals surface area contributed by atoms with E-state index in [2.05, 4.69) is 46.7 Å². The average molecular weight is 247 g/mol. The Kier molecular flexibility index (Phi) is 4.55. The highest BCUT2D eigenvalue weighted by molar-refractivity contribution is 5.93. The monoisotopic (exact) mass is 247 g/mol. The van der Waals surface area contributed by atoms with E-state index in [1.165, 1.54) is 0 Å². The molecule has 0 heterocycles. The minimum atomic E-state index is 0.0228. The van der Waals surface area contributed by atoms with Crippen molar-refractivity contribution < 1.29 is 4.84 Å². The molecule has 0 aliphatic carbocycles. The number of nitrogens with zero attached hydrogens (tertiary/aromatic N) is 1. The quantitative estimate of drug-likeness (QED) is 0.562. The van der Waals surface area contributed by atoms with Gasteiger partial charge in [-0.25, -0.2) is 0 Å². The fraction of sp³-hybridized carbons (Fsp3) is 0.562. The van der Waals surface area contributed by atoms with Gasteiger partial charge in [-0.2, -0.15) is 0 Å². The van der Waals surface area contributed by atoms with E-state index in [0.29, 0.717) is 6.61 Å². The molecule has 0 saturated heterocycles. The van der Waals surface area contributed by atoms with Crippen LogP contribution in [0.3, 0.4) is 0 Å². The first-order chi connectivity index (χ1) is 8.21. The summed E-state index contributed by atoms with van der Waals surface area (Å²) < 4.78 is 0. The van der Waals surface area contributed by atoms with Crippen LogP contribution in [-0.2, 0) is 11.4 Å². The van der Waals surface area contributed by atoms with Crippen molar-refractivity contribution in [1.82, 2.24) is 0 Å². The summed E-state index contributed by atoms with van der Waals surface area (Å²) in [4.78, 5) is 5.52. The van der Waals surface area contributed by atoms with E-state index in [9.17, 15) is 0 Å². The van der Waals surface area contributed by atoms with Gasteiger partial charge in [0.25, 0.3) is 0 Å². The van der Waals surface area contributed by atoms with E-state index in [1.807, 2.05) is 30.3 Å². The predicted octanol–water partition coefficient (Wildman–Crippen LogP) is 4.65. The molecule has 2 heteroatoms. The van der Waals surface area contributed by atoms with Crippen molar-refractivity contribution in [1.29, 1.82) is 0 Å². The first kappa shape index (κ1) is 14.7. The summed E-state index contributed by atoms with van der Waals surface area (Å²) in [6.45, 7) is 13.5. The third kappa shape index (κ3) is 4.52. The fourth-order valence-electron chi connectivity index (χ4n) is 2.14. The van der Waals surface area contributed by atoms with Gasteiger partial charge in [0.1, 0.15) is 6.61 Å². The third-order valence-corrected chi connectivity index (χ3v) is 2.65. The lowest BCUT2D eigenvalue weighted by atomic mass is 9.75. The van der Waals surface area contributed by atoms with Gasteiger partial charge >= 0.3 is 0 Å². The summed E-state index contributed by atoms with van der Waals surface area (Å²) in [5.74, 6) is 0. The molecular weight excluding hydrogens is 222 g/mol. The molecule has 1 aromatic carbocycles. The Labute approximate surface area is 111 Å². The second kappa shape index (κ2) is 5.55. The van der Waals surface area contributed by atoms with Crippen molar-refractivity contribution in [2.45, 2.75) is 48.1 Å². The van der Waals surface area contributed by atoms with E-state index in [4.69, 9.17) is 4.84 Å². The molecular formula is C16H25NO. The molecule has 0 aromatic heterocycles. The first-order valence-electron chi connectivity index (χ1n) is 6.46. The highest BCUT2D eigenvalue weighted by atomic mass is 16.6. The van der Waals surface area contributed by atoms with E-state index in [1.54, 1.807) is 0 Å². The zero-order valence-corrected chi connectivity index (χ0v) is 12.4. The number of rotatable bonds is 3. The SMILES string of the molecule is CC(C)(C)C(=NOCc1ccccc1)C(C)(C)C. The minimum Gasteiger partial charge on any atom is -0.391 e. The Balaban J connectivity index is 2.74. The number of hydrogen-bond acceptors (Lipinski definition) is 2. The van der Waals surface area contributed by atoms with Gasteiger partial charge in [0.05, 0.1) is 5.71 Å². The van der Waals surface area contributed by atoms with Crippen LogP contribution in [0.25, 0.3) is 0 Å². The summed E-state index contributed by atoms with van der Waals surface area (Å²) in [6, 6.07) is 10.1. The first-order valence-corrected chi connectivity index (χ1v) is 6.46. The van der Waals surface area contributed by atoms with E-state index in [0.717, 1.165) is 11.3 Å². The molecule has 1 rings (SSSR count). The molecule has 0 spiro atoms. The van der Waals surface area contributed by atoms with Crippen LogP contribution in [0.1, 0.15) is 47.1 Å². The second-order valence-corrected chi connectivity index (χ2v) is 6.70. The van der Waals surface area contributed by atoms with E-state index < -0.39 is 0 Å². The predicted molar refractivity (Wildman–Crippen MR) is 77.6 cm³/mol. The Morgan fingerprint density at radius 2 is 1.44 bits per heavy atom. The normalized spacial score (nSPS) is 12.1. The molecule has 0 bridgehead atoms. The summed E-state index contributed by atoms with van der Waals surface area (Å²) in [7, 11) is 0. The molecule has 0 aliphatic heterocycles. The molecule has 2 nitrogen and oxygen atoms in total. The van der Waals surface area contributed by atoms with Gasteiger partial charge in [0.2, 0.25) is 0 Å². The van der Waals surface area contributed by atoms with Gasteiger partial charge in [0, 0.05) is 10.8 Å². The molecule has 0 radical (unpaired) electrons. The van der Waals surface area contributed by atoms with Crippen LogP contribution in [0, 0.1) is 10.8 Å². The largest absolute Gasteiger partial charge is 0.391 e. The van der Waals surface area contributed by atoms with Crippen molar-refractivity contribution in [3.8, 4) is 0 Å². The molecule has 0 amide bonds. The van der Waals surface area contributed by atoms with Crippen LogP contribution in [-0.4, -0.2) is 5.71 Å². The van der Waals surface area contributed by atoms with Gasteiger partial charge in [0.15, 0.2) is 0 Å². The molecule has 0 N–H and O–H groups in total. The van der Waals surface area contributed by atoms with Crippen molar-refractivity contribution in [3.63, 3.8) is 0 Å². The highest BCUT2D eigenvalue weighted by Crippen LogP contribution is 2.30. The lowest BCUT2D eigenvalue weighted by Crippen LogP contribution is -2.33. The van der Waals surface area contributed by atoms with Crippen molar-refractivity contribution >= 4 is 5.71 Å². The van der Waals surface area contributed by atoms with Crippen molar-refractivity contribution in [2.24, 2.45) is 16.0 Å². The topological polar surface area (TPSA) is 21.6 Å². The smallest absolute Gasteiger partial charge is 0.142 e. The zero-order valence-electron chi connectivity index (χ0n) is 12.4. The van der Waals surface area contributed by atoms with Crippen molar-refractivity contribution in [2.75, 3.05) is 0 Å². The molecule has 0 aliphatic rings. The van der Waals surface area contributed by atoms with Gasteiger partial charge in [-0.3, -0.25) is 0 Å².